The summed E-state index contributed by atoms with van der Waals surface area (Å²) < 4.78 is 0. The highest BCUT2D eigenvalue weighted by Crippen LogP contribution is 2.15. The molecule has 0 aliphatic rings. The molecular formula is C32H54. The molecule has 0 aliphatic carbocycles. The number of aryl methyl sites for hydroxylation is 2. The minimum Gasteiger partial charge on any atom is -0.103 e. The van der Waals surface area contributed by atoms with Gasteiger partial charge in [-0.25, -0.2) is 0 Å². The summed E-state index contributed by atoms with van der Waals surface area (Å²) in [6, 6.07) is 9.52. The summed E-state index contributed by atoms with van der Waals surface area (Å²) in [6.07, 6.45) is 34.2. The predicted octanol–water partition coefficient (Wildman–Crippen LogP) is 10.9. The molecule has 0 nitrogen and oxygen atoms in total. The lowest BCUT2D eigenvalue weighted by molar-refractivity contribution is 0.559. The Labute approximate surface area is 202 Å². The molecule has 0 heterocycles. The van der Waals surface area contributed by atoms with Crippen LogP contribution in [0.2, 0.25) is 0 Å². The maximum Gasteiger partial charge on any atom is -0.0279 e. The van der Waals surface area contributed by atoms with Crippen LogP contribution < -0.4 is 0 Å². The van der Waals surface area contributed by atoms with Crippen molar-refractivity contribution in [1.29, 1.82) is 0 Å². The van der Waals surface area contributed by atoms with Crippen LogP contribution >= 0.6 is 0 Å². The van der Waals surface area contributed by atoms with Crippen molar-refractivity contribution in [2.75, 3.05) is 0 Å². The van der Waals surface area contributed by atoms with Gasteiger partial charge in [0.2, 0.25) is 0 Å². The summed E-state index contributed by atoms with van der Waals surface area (Å²) in [7, 11) is 0. The van der Waals surface area contributed by atoms with Gasteiger partial charge in [-0.1, -0.05) is 126 Å². The first kappa shape index (κ1) is 28.7. The number of rotatable bonds is 24. The Morgan fingerprint density at radius 3 is 0.906 bits per heavy atom. The normalized spacial score (nSPS) is 11.0. The van der Waals surface area contributed by atoms with Gasteiger partial charge in [0.25, 0.3) is 0 Å². The Morgan fingerprint density at radius 1 is 0.375 bits per heavy atom. The van der Waals surface area contributed by atoms with Crippen LogP contribution in [0.5, 0.6) is 0 Å². The Bertz CT molecular complexity index is 474. The third-order valence-corrected chi connectivity index (χ3v) is 6.77. The molecule has 0 saturated heterocycles. The molecule has 0 aromatic heterocycles. The van der Waals surface area contributed by atoms with Gasteiger partial charge in [0.05, 0.1) is 0 Å². The van der Waals surface area contributed by atoms with Crippen molar-refractivity contribution in [3.63, 3.8) is 0 Å². The quantitative estimate of drug-likeness (QED) is 0.111. The van der Waals surface area contributed by atoms with E-state index in [2.05, 4.69) is 37.4 Å². The van der Waals surface area contributed by atoms with E-state index in [1.165, 1.54) is 152 Å². The maximum absolute atomic E-state index is 3.79. The van der Waals surface area contributed by atoms with E-state index in [0.29, 0.717) is 0 Å². The molecule has 0 radical (unpaired) electrons. The largest absolute Gasteiger partial charge is 0.103 e. The van der Waals surface area contributed by atoms with Gasteiger partial charge in [0, 0.05) is 0 Å². The van der Waals surface area contributed by atoms with E-state index in [1.807, 2.05) is 12.2 Å². The first-order valence-electron chi connectivity index (χ1n) is 14.2. The highest BCUT2D eigenvalue weighted by Gasteiger charge is 1.98. The molecule has 1 aromatic rings. The van der Waals surface area contributed by atoms with E-state index in [9.17, 15) is 0 Å². The summed E-state index contributed by atoms with van der Waals surface area (Å²) in [5.74, 6) is 0. The molecule has 0 bridgehead atoms. The van der Waals surface area contributed by atoms with Gasteiger partial charge < -0.3 is 0 Å². The molecule has 0 amide bonds. The van der Waals surface area contributed by atoms with Crippen molar-refractivity contribution in [3.05, 3.63) is 60.7 Å². The summed E-state index contributed by atoms with van der Waals surface area (Å²) >= 11 is 0. The number of benzene rings is 1. The van der Waals surface area contributed by atoms with Crippen molar-refractivity contribution in [1.82, 2.24) is 0 Å². The third kappa shape index (κ3) is 18.3. The van der Waals surface area contributed by atoms with E-state index < -0.39 is 0 Å². The van der Waals surface area contributed by atoms with Gasteiger partial charge in [-0.15, -0.1) is 13.2 Å². The molecule has 0 spiro atoms. The molecule has 32 heavy (non-hydrogen) atoms. The van der Waals surface area contributed by atoms with Crippen molar-refractivity contribution in [2.45, 2.75) is 141 Å². The number of unbranched alkanes of at least 4 members (excludes halogenated alkanes) is 18. The van der Waals surface area contributed by atoms with E-state index in [1.54, 1.807) is 0 Å². The highest BCUT2D eigenvalue weighted by atomic mass is 14.0. The predicted molar refractivity (Wildman–Crippen MR) is 147 cm³/mol. The van der Waals surface area contributed by atoms with Gasteiger partial charge in [-0.05, 0) is 62.5 Å². The zero-order valence-corrected chi connectivity index (χ0v) is 21.4. The highest BCUT2D eigenvalue weighted by molar-refractivity contribution is 5.22. The molecule has 0 fully saturated rings. The molecule has 0 unspecified atom stereocenters. The van der Waals surface area contributed by atoms with Gasteiger partial charge in [0.1, 0.15) is 0 Å². The lowest BCUT2D eigenvalue weighted by Crippen LogP contribution is -1.90. The Kier molecular flexibility index (Phi) is 20.5. The minimum atomic E-state index is 1.19. The fourth-order valence-electron chi connectivity index (χ4n) is 4.58. The molecule has 0 heteroatoms. The zero-order chi connectivity index (χ0) is 23.0. The van der Waals surface area contributed by atoms with Gasteiger partial charge in [-0.2, -0.15) is 0 Å². The lowest BCUT2D eigenvalue weighted by Gasteiger charge is -2.06. The van der Waals surface area contributed by atoms with Crippen LogP contribution in [0.1, 0.15) is 140 Å². The number of hydrogen-bond donors (Lipinski definition) is 0. The van der Waals surface area contributed by atoms with Crippen molar-refractivity contribution in [3.8, 4) is 0 Å². The molecule has 0 saturated carbocycles. The number of allylic oxidation sites excluding steroid dienone is 2. The lowest BCUT2D eigenvalue weighted by atomic mass is 10.0. The van der Waals surface area contributed by atoms with Crippen LogP contribution in [0, 0.1) is 0 Å². The van der Waals surface area contributed by atoms with Gasteiger partial charge in [-0.3, -0.25) is 0 Å². The van der Waals surface area contributed by atoms with Gasteiger partial charge >= 0.3 is 0 Å². The smallest absolute Gasteiger partial charge is 0.0279 e. The molecule has 1 aromatic carbocycles. The second-order valence-corrected chi connectivity index (χ2v) is 9.84. The average molecular weight is 439 g/mol. The second-order valence-electron chi connectivity index (χ2n) is 9.84. The topological polar surface area (TPSA) is 0 Å². The van der Waals surface area contributed by atoms with Crippen LogP contribution in [0.15, 0.2) is 49.6 Å². The standard InChI is InChI=1S/C32H54/c1-3-5-7-9-11-13-15-17-19-21-23-25-31-27-29-32(30-28-31)26-24-22-20-18-16-14-12-10-8-6-4-2/h3-4,27-30H,1-2,5-26H2. The fourth-order valence-corrected chi connectivity index (χ4v) is 4.58. The first-order valence-corrected chi connectivity index (χ1v) is 14.2. The Balaban J connectivity index is 1.90. The van der Waals surface area contributed by atoms with Crippen LogP contribution in [0.25, 0.3) is 0 Å². The van der Waals surface area contributed by atoms with Crippen molar-refractivity contribution in [2.24, 2.45) is 0 Å². The summed E-state index contributed by atoms with van der Waals surface area (Å²) in [6.45, 7) is 7.59. The summed E-state index contributed by atoms with van der Waals surface area (Å²) in [5, 5.41) is 0. The SMILES string of the molecule is C=CCCCCCCCCCCCc1ccc(CCCCCCCCCCCC=C)cc1. The van der Waals surface area contributed by atoms with E-state index >= 15 is 0 Å². The molecule has 182 valence electrons. The third-order valence-electron chi connectivity index (χ3n) is 6.77. The van der Waals surface area contributed by atoms with Crippen LogP contribution in [0.3, 0.4) is 0 Å². The molecule has 0 N–H and O–H groups in total. The minimum absolute atomic E-state index is 1.19. The number of hydrogen-bond acceptors (Lipinski definition) is 0. The first-order chi connectivity index (χ1) is 15.9. The molecule has 0 atom stereocenters. The van der Waals surface area contributed by atoms with Crippen LogP contribution in [-0.4, -0.2) is 0 Å². The monoisotopic (exact) mass is 438 g/mol. The fraction of sp³-hybridized carbons (Fsp3) is 0.688. The van der Waals surface area contributed by atoms with Crippen molar-refractivity contribution >= 4 is 0 Å². The maximum atomic E-state index is 3.79. The Hall–Kier alpha value is -1.30. The molecule has 0 aliphatic heterocycles. The Morgan fingerprint density at radius 2 is 0.625 bits per heavy atom. The van der Waals surface area contributed by atoms with Crippen molar-refractivity contribution < 1.29 is 0 Å². The van der Waals surface area contributed by atoms with E-state index in [4.69, 9.17) is 0 Å². The van der Waals surface area contributed by atoms with Crippen LogP contribution in [0.4, 0.5) is 0 Å². The molecular weight excluding hydrogens is 384 g/mol. The molecule has 1 rings (SSSR count). The zero-order valence-electron chi connectivity index (χ0n) is 21.4. The average Bonchev–Trinajstić information content (AvgIpc) is 2.82. The second kappa shape index (κ2) is 22.9. The van der Waals surface area contributed by atoms with E-state index in [-0.39, 0.29) is 0 Å². The summed E-state index contributed by atoms with van der Waals surface area (Å²) in [4.78, 5) is 0. The van der Waals surface area contributed by atoms with Gasteiger partial charge in [0.15, 0.2) is 0 Å². The van der Waals surface area contributed by atoms with E-state index in [0.717, 1.165) is 0 Å². The summed E-state index contributed by atoms with van der Waals surface area (Å²) in [5.41, 5.74) is 3.06. The van der Waals surface area contributed by atoms with Crippen LogP contribution in [-0.2, 0) is 12.8 Å².